The molecule has 2 aliphatic heterocycles. The molecule has 40 heavy (non-hydrogen) atoms. The topological polar surface area (TPSA) is 97.0 Å². The van der Waals surface area contributed by atoms with Gasteiger partial charge in [-0.15, -0.1) is 0 Å². The third-order valence-electron chi connectivity index (χ3n) is 6.25. The number of aliphatic imine (C=N–C) groups is 1. The lowest BCUT2D eigenvalue weighted by molar-refractivity contribution is -0.154. The summed E-state index contributed by atoms with van der Waals surface area (Å²) in [7, 11) is 0. The molecule has 3 heterocycles. The van der Waals surface area contributed by atoms with E-state index in [0.29, 0.717) is 39.2 Å². The number of ether oxygens (including phenoxy) is 1. The first-order valence-electron chi connectivity index (χ1n) is 11.6. The highest BCUT2D eigenvalue weighted by Crippen LogP contribution is 2.38. The standard InChI is InChI=1S/C25H18F6N4O4S/c26-24(27,28)16-3-2-14(17(9-16)25(29,30)31)11-35-18-4-1-13(7-15(18)10-32-35)8-20-21(36)33-23(40-20)34-5-6-39-19(12-34)22(37)38/h1-4,7-10,19H,5-6,11-12H2,(H,37,38)/b20-8-. The Morgan fingerprint density at radius 3 is 2.60 bits per heavy atom. The second kappa shape index (κ2) is 10.3. The molecule has 8 nitrogen and oxygen atoms in total. The highest BCUT2D eigenvalue weighted by Gasteiger charge is 2.38. The molecule has 0 aliphatic carbocycles. The number of amidine groups is 1. The van der Waals surface area contributed by atoms with E-state index in [0.717, 1.165) is 17.8 Å². The van der Waals surface area contributed by atoms with Crippen LogP contribution in [0.4, 0.5) is 26.3 Å². The van der Waals surface area contributed by atoms with Gasteiger partial charge in [0.15, 0.2) is 11.3 Å². The first kappa shape index (κ1) is 27.7. The SMILES string of the molecule is O=C1N=C(N2CCOC(C(=O)O)C2)S/C1=C\c1ccc2c(cnn2Cc2ccc(C(F)(F)F)cc2C(F)(F)F)c1. The summed E-state index contributed by atoms with van der Waals surface area (Å²) in [4.78, 5) is 29.7. The summed E-state index contributed by atoms with van der Waals surface area (Å²) >= 11 is 1.08. The third kappa shape index (κ3) is 5.70. The van der Waals surface area contributed by atoms with E-state index >= 15 is 0 Å². The van der Waals surface area contributed by atoms with Crippen molar-refractivity contribution in [3.63, 3.8) is 0 Å². The van der Waals surface area contributed by atoms with Gasteiger partial charge in [-0.05, 0) is 53.2 Å². The maximum absolute atomic E-state index is 13.6. The van der Waals surface area contributed by atoms with Gasteiger partial charge in [-0.2, -0.15) is 36.4 Å². The Kier molecular flexibility index (Phi) is 7.12. The predicted molar refractivity (Wildman–Crippen MR) is 132 cm³/mol. The number of hydrogen-bond acceptors (Lipinski definition) is 6. The number of aliphatic carboxylic acids is 1. The molecule has 1 saturated heterocycles. The van der Waals surface area contributed by atoms with E-state index in [1.165, 1.54) is 10.9 Å². The van der Waals surface area contributed by atoms with Gasteiger partial charge in [0.05, 0.1) is 47.4 Å². The molecule has 1 aromatic heterocycles. The van der Waals surface area contributed by atoms with Crippen LogP contribution in [0.25, 0.3) is 17.0 Å². The summed E-state index contributed by atoms with van der Waals surface area (Å²) in [6.07, 6.45) is -7.97. The molecule has 2 aliphatic rings. The average molecular weight is 584 g/mol. The van der Waals surface area contributed by atoms with Gasteiger partial charge in [0.1, 0.15) is 0 Å². The van der Waals surface area contributed by atoms with Crippen LogP contribution in [0.2, 0.25) is 0 Å². The number of carboxylic acids is 1. The van der Waals surface area contributed by atoms with Gasteiger partial charge in [0.2, 0.25) is 0 Å². The average Bonchev–Trinajstić information content (AvgIpc) is 3.45. The minimum atomic E-state index is -5.00. The minimum absolute atomic E-state index is 0.0435. The molecule has 1 fully saturated rings. The number of morpholine rings is 1. The lowest BCUT2D eigenvalue weighted by Gasteiger charge is -2.31. The van der Waals surface area contributed by atoms with Crippen molar-refractivity contribution < 1.29 is 45.8 Å². The number of thioether (sulfide) groups is 1. The highest BCUT2D eigenvalue weighted by molar-refractivity contribution is 8.18. The van der Waals surface area contributed by atoms with Gasteiger partial charge in [0, 0.05) is 11.9 Å². The Morgan fingerprint density at radius 2 is 1.90 bits per heavy atom. The molecule has 1 unspecified atom stereocenters. The number of fused-ring (bicyclic) bond motifs is 1. The Balaban J connectivity index is 1.36. The van der Waals surface area contributed by atoms with Crippen molar-refractivity contribution >= 4 is 45.8 Å². The fourth-order valence-electron chi connectivity index (χ4n) is 4.29. The predicted octanol–water partition coefficient (Wildman–Crippen LogP) is 4.88. The summed E-state index contributed by atoms with van der Waals surface area (Å²) in [5.41, 5.74) is -2.15. The molecule has 3 aromatic rings. The maximum Gasteiger partial charge on any atom is 0.416 e. The molecule has 1 N–H and O–H groups in total. The van der Waals surface area contributed by atoms with E-state index in [4.69, 9.17) is 4.74 Å². The largest absolute Gasteiger partial charge is 0.479 e. The molecule has 1 atom stereocenters. The van der Waals surface area contributed by atoms with E-state index in [9.17, 15) is 41.0 Å². The summed E-state index contributed by atoms with van der Waals surface area (Å²) in [6, 6.07) is 6.35. The molecule has 0 spiro atoms. The van der Waals surface area contributed by atoms with E-state index in [2.05, 4.69) is 10.1 Å². The number of carbonyl (C=O) groups is 2. The maximum atomic E-state index is 13.6. The number of carboxylic acid groups (broad SMARTS) is 1. The molecule has 2 aromatic carbocycles. The summed E-state index contributed by atoms with van der Waals surface area (Å²) in [5, 5.41) is 14.2. The first-order chi connectivity index (χ1) is 18.8. The number of carbonyl (C=O) groups excluding carboxylic acids is 1. The molecule has 0 saturated carbocycles. The normalized spacial score (nSPS) is 19.5. The van der Waals surface area contributed by atoms with Crippen molar-refractivity contribution in [3.05, 3.63) is 69.8 Å². The van der Waals surface area contributed by atoms with Gasteiger partial charge in [-0.1, -0.05) is 12.1 Å². The van der Waals surface area contributed by atoms with E-state index in [1.54, 1.807) is 29.2 Å². The van der Waals surface area contributed by atoms with Crippen LogP contribution in [0.15, 0.2) is 52.5 Å². The summed E-state index contributed by atoms with van der Waals surface area (Å²) in [5.74, 6) is -1.62. The summed E-state index contributed by atoms with van der Waals surface area (Å²) in [6.45, 7) is 0.166. The van der Waals surface area contributed by atoms with Gasteiger partial charge in [-0.3, -0.25) is 9.48 Å². The van der Waals surface area contributed by atoms with Crippen LogP contribution in [-0.4, -0.2) is 62.6 Å². The van der Waals surface area contributed by atoms with Crippen molar-refractivity contribution in [2.75, 3.05) is 19.7 Å². The van der Waals surface area contributed by atoms with Crippen LogP contribution in [-0.2, 0) is 33.2 Å². The molecule has 210 valence electrons. The van der Waals surface area contributed by atoms with Crippen LogP contribution in [0.3, 0.4) is 0 Å². The molecule has 0 bridgehead atoms. The number of rotatable bonds is 4. The Morgan fingerprint density at radius 1 is 1.12 bits per heavy atom. The van der Waals surface area contributed by atoms with Crippen LogP contribution in [0.1, 0.15) is 22.3 Å². The molecular weight excluding hydrogens is 566 g/mol. The smallest absolute Gasteiger partial charge is 0.416 e. The molecule has 5 rings (SSSR count). The monoisotopic (exact) mass is 584 g/mol. The molecule has 1 amide bonds. The number of halogens is 6. The Hall–Kier alpha value is -3.85. The second-order valence-electron chi connectivity index (χ2n) is 8.94. The lowest BCUT2D eigenvalue weighted by Crippen LogP contribution is -2.47. The Labute approximate surface area is 225 Å². The van der Waals surface area contributed by atoms with Crippen LogP contribution < -0.4 is 0 Å². The number of amides is 1. The van der Waals surface area contributed by atoms with Gasteiger partial charge in [0.25, 0.3) is 5.91 Å². The number of aromatic nitrogens is 2. The van der Waals surface area contributed by atoms with E-state index < -0.39 is 48.0 Å². The number of alkyl halides is 6. The minimum Gasteiger partial charge on any atom is -0.479 e. The fraction of sp³-hybridized carbons (Fsp3) is 0.280. The highest BCUT2D eigenvalue weighted by atomic mass is 32.2. The fourth-order valence-corrected chi connectivity index (χ4v) is 5.24. The van der Waals surface area contributed by atoms with E-state index in [1.807, 2.05) is 0 Å². The van der Waals surface area contributed by atoms with Crippen molar-refractivity contribution in [2.45, 2.75) is 25.0 Å². The van der Waals surface area contributed by atoms with Crippen molar-refractivity contribution in [1.82, 2.24) is 14.7 Å². The van der Waals surface area contributed by atoms with Gasteiger partial charge < -0.3 is 14.7 Å². The van der Waals surface area contributed by atoms with Crippen molar-refractivity contribution in [3.8, 4) is 0 Å². The summed E-state index contributed by atoms with van der Waals surface area (Å²) < 4.78 is 86.1. The van der Waals surface area contributed by atoms with Crippen LogP contribution >= 0.6 is 11.8 Å². The molecule has 15 heteroatoms. The number of benzene rings is 2. The van der Waals surface area contributed by atoms with E-state index in [-0.39, 0.29) is 24.8 Å². The van der Waals surface area contributed by atoms with Crippen molar-refractivity contribution in [1.29, 1.82) is 0 Å². The lowest BCUT2D eigenvalue weighted by atomic mass is 10.0. The van der Waals surface area contributed by atoms with Crippen LogP contribution in [0.5, 0.6) is 0 Å². The second-order valence-corrected chi connectivity index (χ2v) is 9.95. The van der Waals surface area contributed by atoms with Gasteiger partial charge >= 0.3 is 18.3 Å². The third-order valence-corrected chi connectivity index (χ3v) is 7.29. The zero-order chi connectivity index (χ0) is 28.8. The quantitative estimate of drug-likeness (QED) is 0.345. The zero-order valence-corrected chi connectivity index (χ0v) is 21.0. The Bertz CT molecular complexity index is 1560. The number of nitrogens with zero attached hydrogens (tertiary/aromatic N) is 4. The first-order valence-corrected chi connectivity index (χ1v) is 12.5. The zero-order valence-electron chi connectivity index (χ0n) is 20.2. The van der Waals surface area contributed by atoms with Gasteiger partial charge in [-0.25, -0.2) is 4.79 Å². The molecule has 0 radical (unpaired) electrons. The van der Waals surface area contributed by atoms with Crippen molar-refractivity contribution in [2.24, 2.45) is 4.99 Å². The molecular formula is C25H18F6N4O4S. The van der Waals surface area contributed by atoms with Crippen LogP contribution in [0, 0.1) is 0 Å². The number of hydrogen-bond donors (Lipinski definition) is 1.